The largest absolute Gasteiger partial charge is 0.480 e. The van der Waals surface area contributed by atoms with Crippen LogP contribution in [0.3, 0.4) is 0 Å². The maximum absolute atomic E-state index is 13.0. The number of carboxylic acids is 1. The van der Waals surface area contributed by atoms with Crippen LogP contribution in [0.2, 0.25) is 0 Å². The number of ether oxygens (including phenoxy) is 2. The summed E-state index contributed by atoms with van der Waals surface area (Å²) in [6.07, 6.45) is 1.07. The summed E-state index contributed by atoms with van der Waals surface area (Å²) >= 11 is 0. The van der Waals surface area contributed by atoms with Crippen LogP contribution in [-0.4, -0.2) is 60.1 Å². The number of halogens is 1. The lowest BCUT2D eigenvalue weighted by Gasteiger charge is -2.24. The second-order valence-corrected chi connectivity index (χ2v) is 8.14. The zero-order valence-corrected chi connectivity index (χ0v) is 17.4. The molecule has 4 rings (SSSR count). The Balaban J connectivity index is 1.33. The van der Waals surface area contributed by atoms with Crippen molar-refractivity contribution in [1.29, 1.82) is 0 Å². The van der Waals surface area contributed by atoms with Gasteiger partial charge in [0, 0.05) is 24.1 Å². The third-order valence-corrected chi connectivity index (χ3v) is 5.99. The molecule has 0 aromatic heterocycles. The standard InChI is InChI=1S/C23H23FN2O6/c1-31-13-23-10-18(22(29)30)26(19(23)11-23)20(27)12-25-21(28)14-2-6-16(7-3-14)32-17-8-4-15(24)5-9-17/h2-9,18-19H,10-13H2,1H3,(H,25,28)(H,29,30)/t18-,19-,23+/m0/s1. The number of nitrogens with one attached hydrogen (secondary N) is 1. The van der Waals surface area contributed by atoms with Gasteiger partial charge in [0.05, 0.1) is 13.2 Å². The highest BCUT2D eigenvalue weighted by molar-refractivity contribution is 5.97. The van der Waals surface area contributed by atoms with Gasteiger partial charge in [-0.3, -0.25) is 9.59 Å². The molecule has 2 aliphatic rings. The molecule has 1 heterocycles. The van der Waals surface area contributed by atoms with E-state index in [0.29, 0.717) is 36.5 Å². The Morgan fingerprint density at radius 3 is 2.31 bits per heavy atom. The normalized spacial score (nSPS) is 23.4. The predicted molar refractivity (Wildman–Crippen MR) is 111 cm³/mol. The highest BCUT2D eigenvalue weighted by Crippen LogP contribution is 2.59. The molecule has 9 heteroatoms. The van der Waals surface area contributed by atoms with Gasteiger partial charge in [0.2, 0.25) is 5.91 Å². The van der Waals surface area contributed by atoms with Crippen LogP contribution in [0.15, 0.2) is 48.5 Å². The number of likely N-dealkylation sites (tertiary alicyclic amines) is 1. The van der Waals surface area contributed by atoms with E-state index in [0.717, 1.165) is 0 Å². The molecule has 1 aliphatic carbocycles. The number of piperidine rings is 1. The molecule has 2 amide bonds. The molecule has 2 aromatic carbocycles. The third-order valence-electron chi connectivity index (χ3n) is 5.99. The first kappa shape index (κ1) is 21.8. The van der Waals surface area contributed by atoms with Gasteiger partial charge in [-0.2, -0.15) is 0 Å². The van der Waals surface area contributed by atoms with Crippen LogP contribution in [0.5, 0.6) is 11.5 Å². The Hall–Kier alpha value is -3.46. The van der Waals surface area contributed by atoms with Gasteiger partial charge in [-0.1, -0.05) is 0 Å². The van der Waals surface area contributed by atoms with E-state index in [9.17, 15) is 23.9 Å². The lowest BCUT2D eigenvalue weighted by molar-refractivity contribution is -0.149. The minimum atomic E-state index is -1.05. The number of fused-ring (bicyclic) bond motifs is 1. The first-order chi connectivity index (χ1) is 15.3. The molecule has 1 saturated heterocycles. The zero-order valence-electron chi connectivity index (χ0n) is 17.4. The lowest BCUT2D eigenvalue weighted by Crippen LogP contribution is -2.47. The van der Waals surface area contributed by atoms with Crippen molar-refractivity contribution in [3.05, 3.63) is 59.9 Å². The number of nitrogens with zero attached hydrogens (tertiary/aromatic N) is 1. The summed E-state index contributed by atoms with van der Waals surface area (Å²) in [5, 5.41) is 12.1. The first-order valence-electron chi connectivity index (χ1n) is 10.2. The van der Waals surface area contributed by atoms with Crippen molar-refractivity contribution in [3.63, 3.8) is 0 Å². The van der Waals surface area contributed by atoms with Crippen molar-refractivity contribution in [1.82, 2.24) is 10.2 Å². The number of hydrogen-bond acceptors (Lipinski definition) is 5. The van der Waals surface area contributed by atoms with Crippen molar-refractivity contribution in [2.75, 3.05) is 20.3 Å². The summed E-state index contributed by atoms with van der Waals surface area (Å²) in [7, 11) is 1.56. The summed E-state index contributed by atoms with van der Waals surface area (Å²) in [6.45, 7) is 0.111. The minimum Gasteiger partial charge on any atom is -0.480 e. The molecule has 2 aromatic rings. The van der Waals surface area contributed by atoms with Crippen LogP contribution in [0.4, 0.5) is 4.39 Å². The number of methoxy groups -OCH3 is 1. The van der Waals surface area contributed by atoms with Crippen LogP contribution >= 0.6 is 0 Å². The molecular weight excluding hydrogens is 419 g/mol. The SMILES string of the molecule is COC[C@@]12C[C@@H]1N(C(=O)CNC(=O)c1ccc(Oc3ccc(F)cc3)cc1)[C@H](C(=O)O)C2. The van der Waals surface area contributed by atoms with Gasteiger partial charge in [0.25, 0.3) is 5.91 Å². The number of hydrogen-bond donors (Lipinski definition) is 2. The van der Waals surface area contributed by atoms with E-state index < -0.39 is 23.8 Å². The molecule has 168 valence electrons. The molecule has 32 heavy (non-hydrogen) atoms. The van der Waals surface area contributed by atoms with E-state index in [4.69, 9.17) is 9.47 Å². The van der Waals surface area contributed by atoms with Crippen LogP contribution in [-0.2, 0) is 14.3 Å². The van der Waals surface area contributed by atoms with E-state index in [1.165, 1.54) is 29.2 Å². The molecule has 3 atom stereocenters. The molecule has 2 fully saturated rings. The molecule has 0 spiro atoms. The van der Waals surface area contributed by atoms with Crippen molar-refractivity contribution in [3.8, 4) is 11.5 Å². The summed E-state index contributed by atoms with van der Waals surface area (Å²) in [5.74, 6) is -1.39. The molecule has 1 aliphatic heterocycles. The van der Waals surface area contributed by atoms with Gasteiger partial charge in [0.1, 0.15) is 23.4 Å². The van der Waals surface area contributed by atoms with Gasteiger partial charge >= 0.3 is 5.97 Å². The highest BCUT2D eigenvalue weighted by Gasteiger charge is 2.67. The maximum Gasteiger partial charge on any atom is 0.326 e. The van der Waals surface area contributed by atoms with Crippen LogP contribution in [0.25, 0.3) is 0 Å². The smallest absolute Gasteiger partial charge is 0.326 e. The van der Waals surface area contributed by atoms with Gasteiger partial charge in [-0.25, -0.2) is 9.18 Å². The number of aliphatic carboxylic acids is 1. The Morgan fingerprint density at radius 2 is 1.72 bits per heavy atom. The van der Waals surface area contributed by atoms with E-state index in [2.05, 4.69) is 5.32 Å². The molecule has 0 unspecified atom stereocenters. The second kappa shape index (κ2) is 8.58. The topological polar surface area (TPSA) is 105 Å². The number of carbonyl (C=O) groups is 3. The van der Waals surface area contributed by atoms with Crippen molar-refractivity contribution in [2.45, 2.75) is 24.9 Å². The second-order valence-electron chi connectivity index (χ2n) is 8.14. The fourth-order valence-corrected chi connectivity index (χ4v) is 4.36. The van der Waals surface area contributed by atoms with E-state index >= 15 is 0 Å². The molecule has 0 radical (unpaired) electrons. The summed E-state index contributed by atoms with van der Waals surface area (Å²) in [5.41, 5.74) is 0.0262. The quantitative estimate of drug-likeness (QED) is 0.651. The van der Waals surface area contributed by atoms with Crippen molar-refractivity contribution < 1.29 is 33.4 Å². The first-order valence-corrected chi connectivity index (χ1v) is 10.2. The summed E-state index contributed by atoms with van der Waals surface area (Å²) in [4.78, 5) is 38.2. The van der Waals surface area contributed by atoms with Crippen LogP contribution < -0.4 is 10.1 Å². The van der Waals surface area contributed by atoms with E-state index in [1.807, 2.05) is 0 Å². The Labute approximate surface area is 183 Å². The molecular formula is C23H23FN2O6. The Bertz CT molecular complexity index is 1030. The lowest BCUT2D eigenvalue weighted by atomic mass is 10.0. The van der Waals surface area contributed by atoms with Crippen LogP contribution in [0, 0.1) is 11.2 Å². The minimum absolute atomic E-state index is 0.171. The third kappa shape index (κ3) is 4.29. The molecule has 0 bridgehead atoms. The summed E-state index contributed by atoms with van der Waals surface area (Å²) < 4.78 is 23.8. The van der Waals surface area contributed by atoms with E-state index in [1.54, 1.807) is 31.4 Å². The zero-order chi connectivity index (χ0) is 22.9. The number of benzene rings is 2. The Kier molecular flexibility index (Phi) is 5.84. The Morgan fingerprint density at radius 1 is 1.09 bits per heavy atom. The molecule has 8 nitrogen and oxygen atoms in total. The van der Waals surface area contributed by atoms with Crippen LogP contribution in [0.1, 0.15) is 23.2 Å². The summed E-state index contributed by atoms with van der Waals surface area (Å²) in [6, 6.07) is 10.7. The molecule has 2 N–H and O–H groups in total. The number of carboxylic acid groups (broad SMARTS) is 1. The van der Waals surface area contributed by atoms with Gasteiger partial charge in [-0.05, 0) is 61.4 Å². The van der Waals surface area contributed by atoms with E-state index in [-0.39, 0.29) is 23.8 Å². The van der Waals surface area contributed by atoms with Gasteiger partial charge in [0.15, 0.2) is 0 Å². The number of amides is 2. The fourth-order valence-electron chi connectivity index (χ4n) is 4.36. The van der Waals surface area contributed by atoms with Crippen molar-refractivity contribution in [2.24, 2.45) is 5.41 Å². The molecule has 1 saturated carbocycles. The monoisotopic (exact) mass is 442 g/mol. The highest BCUT2D eigenvalue weighted by atomic mass is 19.1. The van der Waals surface area contributed by atoms with Gasteiger partial charge in [-0.15, -0.1) is 0 Å². The fraction of sp³-hybridized carbons (Fsp3) is 0.348. The van der Waals surface area contributed by atoms with Crippen molar-refractivity contribution >= 4 is 17.8 Å². The average molecular weight is 442 g/mol. The number of rotatable bonds is 8. The van der Waals surface area contributed by atoms with Gasteiger partial charge < -0.3 is 24.8 Å². The predicted octanol–water partition coefficient (Wildman–Crippen LogP) is 2.44. The average Bonchev–Trinajstić information content (AvgIpc) is 3.37. The maximum atomic E-state index is 13.0. The number of carbonyl (C=O) groups excluding carboxylic acids is 2.